The van der Waals surface area contributed by atoms with Crippen molar-refractivity contribution in [1.82, 2.24) is 14.7 Å². The van der Waals surface area contributed by atoms with Crippen LogP contribution in [0.4, 0.5) is 0 Å². The van der Waals surface area contributed by atoms with Crippen molar-refractivity contribution >= 4 is 11.8 Å². The van der Waals surface area contributed by atoms with E-state index in [0.717, 1.165) is 19.6 Å². The molecule has 2 amide bonds. The average molecular weight is 297 g/mol. The molecule has 2 rings (SSSR count). The van der Waals surface area contributed by atoms with E-state index in [4.69, 9.17) is 4.74 Å². The van der Waals surface area contributed by atoms with Crippen LogP contribution in [0.15, 0.2) is 0 Å². The molecule has 2 saturated heterocycles. The molecule has 0 aromatic rings. The van der Waals surface area contributed by atoms with E-state index >= 15 is 0 Å². The summed E-state index contributed by atoms with van der Waals surface area (Å²) in [5.74, 6) is -0.122. The van der Waals surface area contributed by atoms with Gasteiger partial charge in [-0.2, -0.15) is 0 Å². The summed E-state index contributed by atoms with van der Waals surface area (Å²) in [5.41, 5.74) is -0.980. The summed E-state index contributed by atoms with van der Waals surface area (Å²) in [7, 11) is 0. The number of rotatable bonds is 3. The normalized spacial score (nSPS) is 21.5. The topological polar surface area (TPSA) is 53.1 Å². The number of nitrogens with zero attached hydrogens (tertiary/aromatic N) is 3. The van der Waals surface area contributed by atoms with Crippen LogP contribution >= 0.6 is 0 Å². The van der Waals surface area contributed by atoms with Crippen LogP contribution < -0.4 is 0 Å². The Labute approximate surface area is 127 Å². The second-order valence-corrected chi connectivity index (χ2v) is 6.26. The first-order valence-electron chi connectivity index (χ1n) is 7.85. The minimum absolute atomic E-state index is 0.0465. The van der Waals surface area contributed by atoms with Gasteiger partial charge in [0.15, 0.2) is 0 Å². The molecule has 2 heterocycles. The van der Waals surface area contributed by atoms with Crippen LogP contribution in [0, 0.1) is 5.41 Å². The maximum Gasteiger partial charge on any atom is 0.237 e. The van der Waals surface area contributed by atoms with E-state index in [2.05, 4.69) is 11.8 Å². The van der Waals surface area contributed by atoms with Gasteiger partial charge in [0.2, 0.25) is 11.8 Å². The number of morpholine rings is 1. The molecule has 120 valence electrons. The molecule has 0 unspecified atom stereocenters. The summed E-state index contributed by atoms with van der Waals surface area (Å²) in [5, 5.41) is 0. The summed E-state index contributed by atoms with van der Waals surface area (Å²) in [4.78, 5) is 31.3. The Balaban J connectivity index is 1.97. The molecule has 0 aromatic heterocycles. The maximum absolute atomic E-state index is 12.7. The highest BCUT2D eigenvalue weighted by Gasteiger charge is 2.42. The summed E-state index contributed by atoms with van der Waals surface area (Å²) < 4.78 is 5.27. The lowest BCUT2D eigenvalue weighted by Crippen LogP contribution is -2.57. The Kier molecular flexibility index (Phi) is 5.22. The van der Waals surface area contributed by atoms with E-state index in [0.29, 0.717) is 39.4 Å². The quantitative estimate of drug-likeness (QED) is 0.690. The largest absolute Gasteiger partial charge is 0.378 e. The van der Waals surface area contributed by atoms with Gasteiger partial charge in [0.25, 0.3) is 0 Å². The summed E-state index contributed by atoms with van der Waals surface area (Å²) in [6.07, 6.45) is 0. The number of piperazine rings is 1. The van der Waals surface area contributed by atoms with Gasteiger partial charge in [-0.15, -0.1) is 0 Å². The van der Waals surface area contributed by atoms with Gasteiger partial charge in [-0.1, -0.05) is 6.92 Å². The Morgan fingerprint density at radius 2 is 1.38 bits per heavy atom. The number of hydrogen-bond donors (Lipinski definition) is 0. The van der Waals surface area contributed by atoms with E-state index in [1.165, 1.54) is 0 Å². The first-order valence-corrected chi connectivity index (χ1v) is 7.85. The van der Waals surface area contributed by atoms with Gasteiger partial charge < -0.3 is 19.4 Å². The van der Waals surface area contributed by atoms with E-state index in [9.17, 15) is 9.59 Å². The fourth-order valence-electron chi connectivity index (χ4n) is 2.92. The highest BCUT2D eigenvalue weighted by atomic mass is 16.5. The minimum atomic E-state index is -0.980. The van der Waals surface area contributed by atoms with Crippen LogP contribution in [-0.4, -0.2) is 85.5 Å². The summed E-state index contributed by atoms with van der Waals surface area (Å²) in [6.45, 7) is 12.1. The van der Waals surface area contributed by atoms with E-state index in [1.54, 1.807) is 18.7 Å². The molecule has 0 aromatic carbocycles. The fraction of sp³-hybridized carbons (Fsp3) is 0.867. The molecular weight excluding hydrogens is 270 g/mol. The Morgan fingerprint density at radius 1 is 0.905 bits per heavy atom. The molecule has 0 atom stereocenters. The number of likely N-dealkylation sites (N-methyl/N-ethyl adjacent to an activating group) is 1. The first kappa shape index (κ1) is 16.2. The Hall–Kier alpha value is -1.14. The van der Waals surface area contributed by atoms with Crippen molar-refractivity contribution in [3.63, 3.8) is 0 Å². The van der Waals surface area contributed by atoms with Crippen molar-refractivity contribution in [3.8, 4) is 0 Å². The zero-order chi connectivity index (χ0) is 15.5. The molecule has 6 nitrogen and oxygen atoms in total. The van der Waals surface area contributed by atoms with Crippen molar-refractivity contribution < 1.29 is 14.3 Å². The van der Waals surface area contributed by atoms with Gasteiger partial charge >= 0.3 is 0 Å². The van der Waals surface area contributed by atoms with Crippen molar-refractivity contribution in [2.45, 2.75) is 20.8 Å². The van der Waals surface area contributed by atoms with Crippen LogP contribution in [0.3, 0.4) is 0 Å². The van der Waals surface area contributed by atoms with Crippen LogP contribution in [0.5, 0.6) is 0 Å². The molecule has 2 aliphatic heterocycles. The smallest absolute Gasteiger partial charge is 0.237 e. The summed E-state index contributed by atoms with van der Waals surface area (Å²) >= 11 is 0. The standard InChI is InChI=1S/C15H27N3O3/c1-4-16-5-7-17(8-6-16)13(19)15(2,3)14(20)18-9-11-21-12-10-18/h4-12H2,1-3H3. The van der Waals surface area contributed by atoms with Crippen LogP contribution in [0.2, 0.25) is 0 Å². The molecule has 0 bridgehead atoms. The van der Waals surface area contributed by atoms with Gasteiger partial charge in [-0.25, -0.2) is 0 Å². The average Bonchev–Trinajstić information content (AvgIpc) is 2.54. The third kappa shape index (κ3) is 3.55. The van der Waals surface area contributed by atoms with Crippen molar-refractivity contribution in [1.29, 1.82) is 0 Å². The maximum atomic E-state index is 12.7. The molecule has 0 spiro atoms. The zero-order valence-corrected chi connectivity index (χ0v) is 13.4. The number of carbonyl (C=O) groups is 2. The summed E-state index contributed by atoms with van der Waals surface area (Å²) in [6, 6.07) is 0. The lowest BCUT2D eigenvalue weighted by atomic mass is 9.89. The number of amides is 2. The second kappa shape index (κ2) is 6.75. The molecule has 0 aliphatic carbocycles. The predicted octanol–water partition coefficient (Wildman–Crippen LogP) is 0.0355. The van der Waals surface area contributed by atoms with Gasteiger partial charge in [0.05, 0.1) is 13.2 Å². The third-order valence-corrected chi connectivity index (χ3v) is 4.47. The van der Waals surface area contributed by atoms with Crippen LogP contribution in [0.25, 0.3) is 0 Å². The van der Waals surface area contributed by atoms with Gasteiger partial charge in [0, 0.05) is 39.3 Å². The van der Waals surface area contributed by atoms with Crippen LogP contribution in [0.1, 0.15) is 20.8 Å². The second-order valence-electron chi connectivity index (χ2n) is 6.26. The lowest BCUT2D eigenvalue weighted by Gasteiger charge is -2.39. The Morgan fingerprint density at radius 3 is 1.86 bits per heavy atom. The molecule has 2 aliphatic rings. The zero-order valence-electron chi connectivity index (χ0n) is 13.4. The highest BCUT2D eigenvalue weighted by molar-refractivity contribution is 6.04. The number of hydrogen-bond acceptors (Lipinski definition) is 4. The third-order valence-electron chi connectivity index (χ3n) is 4.47. The fourth-order valence-corrected chi connectivity index (χ4v) is 2.92. The molecule has 0 N–H and O–H groups in total. The van der Waals surface area contributed by atoms with E-state index in [-0.39, 0.29) is 11.8 Å². The highest BCUT2D eigenvalue weighted by Crippen LogP contribution is 2.24. The van der Waals surface area contributed by atoms with Gasteiger partial charge in [-0.05, 0) is 20.4 Å². The molecule has 21 heavy (non-hydrogen) atoms. The van der Waals surface area contributed by atoms with Crippen molar-refractivity contribution in [2.75, 3.05) is 59.0 Å². The Bertz CT molecular complexity index is 384. The van der Waals surface area contributed by atoms with Crippen molar-refractivity contribution in [2.24, 2.45) is 5.41 Å². The molecular formula is C15H27N3O3. The molecule has 6 heteroatoms. The monoisotopic (exact) mass is 297 g/mol. The molecule has 2 fully saturated rings. The molecule has 0 saturated carbocycles. The SMILES string of the molecule is CCN1CCN(C(=O)C(C)(C)C(=O)N2CCOCC2)CC1. The van der Waals surface area contributed by atoms with Gasteiger partial charge in [-0.3, -0.25) is 9.59 Å². The first-order chi connectivity index (χ1) is 9.96. The lowest BCUT2D eigenvalue weighted by molar-refractivity contribution is -0.157. The van der Waals surface area contributed by atoms with Crippen molar-refractivity contribution in [3.05, 3.63) is 0 Å². The minimum Gasteiger partial charge on any atom is -0.378 e. The predicted molar refractivity (Wildman–Crippen MR) is 79.9 cm³/mol. The van der Waals surface area contributed by atoms with E-state index < -0.39 is 5.41 Å². The number of ether oxygens (including phenoxy) is 1. The van der Waals surface area contributed by atoms with Gasteiger partial charge in [0.1, 0.15) is 5.41 Å². The number of carbonyl (C=O) groups excluding carboxylic acids is 2. The van der Waals surface area contributed by atoms with Crippen LogP contribution in [-0.2, 0) is 14.3 Å². The van der Waals surface area contributed by atoms with E-state index in [1.807, 2.05) is 4.90 Å². The molecule has 0 radical (unpaired) electrons.